The molecule has 0 unspecified atom stereocenters. The highest BCUT2D eigenvalue weighted by Gasteiger charge is 2.17. The van der Waals surface area contributed by atoms with Crippen molar-refractivity contribution in [2.45, 2.75) is 26.9 Å². The third-order valence-electron chi connectivity index (χ3n) is 5.04. The molecule has 3 rings (SSSR count). The van der Waals surface area contributed by atoms with E-state index in [1.807, 2.05) is 50.2 Å². The monoisotopic (exact) mass is 437 g/mol. The summed E-state index contributed by atoms with van der Waals surface area (Å²) in [6, 6.07) is 15.3. The van der Waals surface area contributed by atoms with E-state index in [1.54, 1.807) is 35.7 Å². The number of likely N-dealkylation sites (N-methyl/N-ethyl adjacent to an activating group) is 1. The number of carbonyl (C=O) groups is 2. The molecule has 7 nitrogen and oxygen atoms in total. The van der Waals surface area contributed by atoms with Crippen molar-refractivity contribution < 1.29 is 9.59 Å². The van der Waals surface area contributed by atoms with E-state index in [1.165, 1.54) is 4.90 Å². The van der Waals surface area contributed by atoms with Crippen molar-refractivity contribution in [1.29, 1.82) is 0 Å². The van der Waals surface area contributed by atoms with E-state index >= 15 is 0 Å². The smallest absolute Gasteiger partial charge is 0.253 e. The van der Waals surface area contributed by atoms with Gasteiger partial charge in [0.25, 0.3) is 5.91 Å². The number of nitrogens with one attached hydrogen (secondary N) is 1. The van der Waals surface area contributed by atoms with Crippen molar-refractivity contribution in [3.05, 3.63) is 70.0 Å². The van der Waals surface area contributed by atoms with Gasteiger partial charge in [0.15, 0.2) is 10.6 Å². The zero-order valence-corrected chi connectivity index (χ0v) is 19.1. The molecule has 0 aliphatic rings. The molecule has 162 valence electrons. The van der Waals surface area contributed by atoms with Crippen LogP contribution in [0.1, 0.15) is 28.4 Å². The van der Waals surface area contributed by atoms with Crippen LogP contribution >= 0.6 is 12.2 Å². The van der Waals surface area contributed by atoms with Gasteiger partial charge in [0.1, 0.15) is 6.54 Å². The van der Waals surface area contributed by atoms with Crippen LogP contribution in [0.2, 0.25) is 0 Å². The first-order valence-electron chi connectivity index (χ1n) is 10.1. The molecule has 1 heterocycles. The van der Waals surface area contributed by atoms with Gasteiger partial charge in [-0.25, -0.2) is 0 Å². The molecule has 0 aliphatic carbocycles. The molecular formula is C23H27N5O2S. The van der Waals surface area contributed by atoms with Crippen LogP contribution in [0.15, 0.2) is 48.5 Å². The molecule has 3 aromatic rings. The van der Waals surface area contributed by atoms with Crippen molar-refractivity contribution in [3.8, 4) is 11.4 Å². The molecule has 0 aliphatic heterocycles. The van der Waals surface area contributed by atoms with E-state index in [0.29, 0.717) is 29.2 Å². The third-order valence-corrected chi connectivity index (χ3v) is 5.35. The number of amides is 2. The summed E-state index contributed by atoms with van der Waals surface area (Å²) in [5, 5.41) is 7.13. The molecule has 2 aromatic carbocycles. The van der Waals surface area contributed by atoms with Gasteiger partial charge in [0.05, 0.1) is 0 Å². The first-order valence-corrected chi connectivity index (χ1v) is 10.5. The van der Waals surface area contributed by atoms with Gasteiger partial charge in [0.2, 0.25) is 5.91 Å². The van der Waals surface area contributed by atoms with Crippen LogP contribution in [0.25, 0.3) is 11.4 Å². The van der Waals surface area contributed by atoms with Crippen LogP contribution in [0.3, 0.4) is 0 Å². The Hall–Kier alpha value is -3.26. The fourth-order valence-corrected chi connectivity index (χ4v) is 3.51. The number of hydrogen-bond donors (Lipinski definition) is 1. The fourth-order valence-electron chi connectivity index (χ4n) is 3.31. The molecule has 31 heavy (non-hydrogen) atoms. The summed E-state index contributed by atoms with van der Waals surface area (Å²) in [4.78, 5) is 28.4. The van der Waals surface area contributed by atoms with E-state index in [2.05, 4.69) is 10.2 Å². The summed E-state index contributed by atoms with van der Waals surface area (Å²) in [7, 11) is 3.44. The van der Waals surface area contributed by atoms with Crippen LogP contribution < -0.4 is 0 Å². The molecule has 0 atom stereocenters. The summed E-state index contributed by atoms with van der Waals surface area (Å²) in [6.45, 7) is 5.07. The molecule has 0 saturated carbocycles. The second-order valence-electron chi connectivity index (χ2n) is 7.61. The lowest BCUT2D eigenvalue weighted by Crippen LogP contribution is -2.33. The molecule has 8 heteroatoms. The molecule has 2 amide bonds. The van der Waals surface area contributed by atoms with Crippen LogP contribution in [0.5, 0.6) is 0 Å². The van der Waals surface area contributed by atoms with Crippen molar-refractivity contribution in [1.82, 2.24) is 24.6 Å². The average molecular weight is 438 g/mol. The zero-order chi connectivity index (χ0) is 22.5. The highest BCUT2D eigenvalue weighted by atomic mass is 32.1. The highest BCUT2D eigenvalue weighted by Crippen LogP contribution is 2.19. The minimum absolute atomic E-state index is 0.0482. The molecule has 0 fully saturated rings. The lowest BCUT2D eigenvalue weighted by molar-refractivity contribution is -0.132. The van der Waals surface area contributed by atoms with Gasteiger partial charge in [-0.3, -0.25) is 19.3 Å². The molecule has 1 aromatic heterocycles. The van der Waals surface area contributed by atoms with Crippen LogP contribution in [-0.2, 0) is 17.9 Å². The number of hydrogen-bond acceptors (Lipinski definition) is 4. The summed E-state index contributed by atoms with van der Waals surface area (Å²) in [5.74, 6) is 0.542. The van der Waals surface area contributed by atoms with Crippen molar-refractivity contribution in [2.24, 2.45) is 0 Å². The molecular weight excluding hydrogens is 410 g/mol. The van der Waals surface area contributed by atoms with Crippen molar-refractivity contribution in [2.75, 3.05) is 20.6 Å². The Morgan fingerprint density at radius 2 is 1.84 bits per heavy atom. The minimum Gasteiger partial charge on any atom is -0.345 e. The van der Waals surface area contributed by atoms with Crippen LogP contribution in [0, 0.1) is 11.7 Å². The largest absolute Gasteiger partial charge is 0.345 e. The van der Waals surface area contributed by atoms with Gasteiger partial charge < -0.3 is 9.80 Å². The number of rotatable bonds is 7. The predicted molar refractivity (Wildman–Crippen MR) is 123 cm³/mol. The Morgan fingerprint density at radius 1 is 1.13 bits per heavy atom. The number of nitrogens with zero attached hydrogens (tertiary/aromatic N) is 4. The van der Waals surface area contributed by atoms with Gasteiger partial charge in [0, 0.05) is 38.3 Å². The molecule has 0 bridgehead atoms. The Morgan fingerprint density at radius 3 is 2.45 bits per heavy atom. The van der Waals surface area contributed by atoms with E-state index in [-0.39, 0.29) is 18.4 Å². The number of aryl methyl sites for hydroxylation is 1. The Bertz CT molecular complexity index is 1130. The van der Waals surface area contributed by atoms with E-state index in [4.69, 9.17) is 12.2 Å². The maximum absolute atomic E-state index is 13.1. The summed E-state index contributed by atoms with van der Waals surface area (Å²) >= 11 is 5.37. The number of aromatic amines is 1. The molecule has 0 spiro atoms. The Kier molecular flexibility index (Phi) is 7.02. The van der Waals surface area contributed by atoms with Crippen LogP contribution in [-0.4, -0.2) is 57.0 Å². The molecule has 1 N–H and O–H groups in total. The van der Waals surface area contributed by atoms with E-state index in [9.17, 15) is 9.59 Å². The lowest BCUT2D eigenvalue weighted by atomic mass is 10.1. The first kappa shape index (κ1) is 22.4. The van der Waals surface area contributed by atoms with Crippen molar-refractivity contribution >= 4 is 24.0 Å². The second kappa shape index (κ2) is 9.70. The number of benzene rings is 2. The average Bonchev–Trinajstić information content (AvgIpc) is 3.11. The topological polar surface area (TPSA) is 74.2 Å². The van der Waals surface area contributed by atoms with Crippen molar-refractivity contribution in [3.63, 3.8) is 0 Å². The number of carbonyl (C=O) groups excluding carboxylic acids is 2. The molecule has 0 radical (unpaired) electrons. The Labute approximate surface area is 187 Å². The third kappa shape index (κ3) is 5.27. The van der Waals surface area contributed by atoms with Gasteiger partial charge in [-0.1, -0.05) is 35.9 Å². The summed E-state index contributed by atoms with van der Waals surface area (Å²) < 4.78 is 2.14. The first-order chi connectivity index (χ1) is 14.8. The quantitative estimate of drug-likeness (QED) is 0.573. The normalized spacial score (nSPS) is 10.7. The highest BCUT2D eigenvalue weighted by molar-refractivity contribution is 7.71. The standard InChI is InChI=1S/C23H27N5O2S/c1-5-27(14-17-9-11-18(12-10-17)22(30)26(3)4)20(29)15-28-21(24-25-23(28)31)19-8-6-7-16(2)13-19/h6-13H,5,14-15H2,1-4H3,(H,25,31). The molecule has 0 saturated heterocycles. The van der Waals surface area contributed by atoms with E-state index in [0.717, 1.165) is 16.7 Å². The van der Waals surface area contributed by atoms with Gasteiger partial charge in [-0.15, -0.1) is 0 Å². The number of aromatic nitrogens is 3. The maximum atomic E-state index is 13.1. The fraction of sp³-hybridized carbons (Fsp3) is 0.304. The maximum Gasteiger partial charge on any atom is 0.253 e. The van der Waals surface area contributed by atoms with Crippen LogP contribution in [0.4, 0.5) is 0 Å². The summed E-state index contributed by atoms with van der Waals surface area (Å²) in [6.07, 6.45) is 0. The van der Waals surface area contributed by atoms with E-state index < -0.39 is 0 Å². The summed E-state index contributed by atoms with van der Waals surface area (Å²) in [5.41, 5.74) is 3.59. The number of H-pyrrole nitrogens is 1. The van der Waals surface area contributed by atoms with Gasteiger partial charge in [-0.05, 0) is 49.8 Å². The lowest BCUT2D eigenvalue weighted by Gasteiger charge is -2.22. The Balaban J connectivity index is 1.76. The zero-order valence-electron chi connectivity index (χ0n) is 18.3. The van der Waals surface area contributed by atoms with Gasteiger partial charge in [-0.2, -0.15) is 5.10 Å². The second-order valence-corrected chi connectivity index (χ2v) is 8.00. The van der Waals surface area contributed by atoms with Gasteiger partial charge >= 0.3 is 0 Å². The SMILES string of the molecule is CCN(Cc1ccc(C(=O)N(C)C)cc1)C(=O)Cn1c(-c2cccc(C)c2)n[nH]c1=S. The predicted octanol–water partition coefficient (Wildman–Crippen LogP) is 3.67. The minimum atomic E-state index is -0.0534.